The van der Waals surface area contributed by atoms with Crippen molar-refractivity contribution in [3.05, 3.63) is 82.6 Å². The number of allylic oxidation sites excluding steroid dienone is 2. The molecule has 0 aromatic heterocycles. The summed E-state index contributed by atoms with van der Waals surface area (Å²) >= 11 is 0. The fourth-order valence-corrected chi connectivity index (χ4v) is 8.98. The average Bonchev–Trinajstić information content (AvgIpc) is 3.85. The van der Waals surface area contributed by atoms with Gasteiger partial charge < -0.3 is 21.1 Å². The molecule has 218 valence electrons. The first-order chi connectivity index (χ1) is 21.6. The van der Waals surface area contributed by atoms with Crippen molar-refractivity contribution in [3.8, 4) is 0 Å². The molecule has 0 saturated heterocycles. The molecule has 4 aromatic rings. The summed E-state index contributed by atoms with van der Waals surface area (Å²) in [6.45, 7) is 0. The van der Waals surface area contributed by atoms with E-state index in [1.165, 1.54) is 51.4 Å². The number of benzene rings is 4. The Balaban J connectivity index is 1.15. The summed E-state index contributed by atoms with van der Waals surface area (Å²) in [6.07, 6.45) is 9.58. The van der Waals surface area contributed by atoms with Crippen molar-refractivity contribution < 1.29 is 9.90 Å². The molecule has 4 fully saturated rings. The molecule has 4 saturated carbocycles. The molecular formula is C38H34N4O2. The quantitative estimate of drug-likeness (QED) is 0.214. The maximum absolute atomic E-state index is 14.3. The van der Waals surface area contributed by atoms with Gasteiger partial charge in [0.1, 0.15) is 17.1 Å². The first-order valence-electron chi connectivity index (χ1n) is 16.6. The molecular weight excluding hydrogens is 544 g/mol. The van der Waals surface area contributed by atoms with Crippen LogP contribution in [0.15, 0.2) is 71.4 Å². The number of ketones is 1. The van der Waals surface area contributed by atoms with E-state index in [1.807, 2.05) is 12.1 Å². The highest BCUT2D eigenvalue weighted by Gasteiger charge is 2.57. The fraction of sp³-hybridized carbons (Fsp3) is 0.368. The van der Waals surface area contributed by atoms with Crippen molar-refractivity contribution in [3.63, 3.8) is 0 Å². The normalized spacial score (nSPS) is 25.6. The Morgan fingerprint density at radius 3 is 1.91 bits per heavy atom. The summed E-state index contributed by atoms with van der Waals surface area (Å²) in [6, 6.07) is 21.0. The third-order valence-corrected chi connectivity index (χ3v) is 11.7. The van der Waals surface area contributed by atoms with Crippen LogP contribution in [-0.4, -0.2) is 22.2 Å². The molecule has 6 heteroatoms. The number of Topliss-reactive ketones (excluding diaryl/α,β-unsaturated/α-hetero) is 1. The molecule has 11 rings (SSSR count). The molecule has 6 nitrogen and oxygen atoms in total. The van der Waals surface area contributed by atoms with Crippen LogP contribution < -0.4 is 26.5 Å². The number of nitrogens with zero attached hydrogens (tertiary/aromatic N) is 1. The van der Waals surface area contributed by atoms with Crippen molar-refractivity contribution in [2.24, 2.45) is 28.7 Å². The minimum absolute atomic E-state index is 0.0929. The lowest BCUT2D eigenvalue weighted by Gasteiger charge is -2.43. The molecule has 4 aromatic carbocycles. The standard InChI is InChI=1S/C38H34N4O2/c43-35-31(25-17-7-19-3-1-5-27-29(19)33(25)41-37(39-27,21-9-10-21)22-11-12-22)36(44)32(35)26-18-8-20-4-2-6-28-30(20)34(26)42-38(40-28,23-13-14-23)24-15-16-24/h1-8,17-18,21-24,39-41,43H,9-16H2. The van der Waals surface area contributed by atoms with Crippen LogP contribution in [0.2, 0.25) is 0 Å². The van der Waals surface area contributed by atoms with Gasteiger partial charge in [0.15, 0.2) is 0 Å². The highest BCUT2D eigenvalue weighted by molar-refractivity contribution is 6.52. The molecule has 0 spiro atoms. The van der Waals surface area contributed by atoms with Gasteiger partial charge in [-0.15, -0.1) is 0 Å². The van der Waals surface area contributed by atoms with Crippen LogP contribution in [0, 0.1) is 23.7 Å². The van der Waals surface area contributed by atoms with E-state index in [4.69, 9.17) is 4.99 Å². The maximum Gasteiger partial charge on any atom is 0.201 e. The zero-order chi connectivity index (χ0) is 28.9. The van der Waals surface area contributed by atoms with Gasteiger partial charge in [0.2, 0.25) is 5.78 Å². The molecule has 44 heavy (non-hydrogen) atoms. The zero-order valence-electron chi connectivity index (χ0n) is 24.5. The molecule has 0 radical (unpaired) electrons. The van der Waals surface area contributed by atoms with E-state index in [0.717, 1.165) is 54.7 Å². The van der Waals surface area contributed by atoms with Gasteiger partial charge in [-0.3, -0.25) is 9.79 Å². The second-order valence-electron chi connectivity index (χ2n) is 14.5. The molecule has 7 aliphatic rings. The predicted octanol–water partition coefficient (Wildman–Crippen LogP) is 6.61. The van der Waals surface area contributed by atoms with Crippen molar-refractivity contribution >= 4 is 55.5 Å². The van der Waals surface area contributed by atoms with Gasteiger partial charge in [0.05, 0.1) is 22.2 Å². The van der Waals surface area contributed by atoms with E-state index < -0.39 is 0 Å². The first-order valence-corrected chi connectivity index (χ1v) is 16.6. The average molecular weight is 579 g/mol. The summed E-state index contributed by atoms with van der Waals surface area (Å²) in [4.78, 5) is 19.9. The van der Waals surface area contributed by atoms with Gasteiger partial charge in [0.25, 0.3) is 0 Å². The topological polar surface area (TPSA) is 85.8 Å². The van der Waals surface area contributed by atoms with Crippen LogP contribution in [0.25, 0.3) is 32.7 Å². The first kappa shape index (κ1) is 24.1. The largest absolute Gasteiger partial charge is 0.506 e. The van der Waals surface area contributed by atoms with Crippen LogP contribution in [0.3, 0.4) is 0 Å². The van der Waals surface area contributed by atoms with E-state index in [-0.39, 0.29) is 22.9 Å². The molecule has 2 heterocycles. The van der Waals surface area contributed by atoms with Gasteiger partial charge in [-0.1, -0.05) is 48.5 Å². The molecule has 0 atom stereocenters. The number of aliphatic hydroxyl groups excluding tert-OH is 1. The molecule has 0 unspecified atom stereocenters. The van der Waals surface area contributed by atoms with Gasteiger partial charge in [-0.05, 0) is 74.3 Å². The Kier molecular flexibility index (Phi) is 4.29. The van der Waals surface area contributed by atoms with Gasteiger partial charge >= 0.3 is 0 Å². The zero-order valence-corrected chi connectivity index (χ0v) is 24.5. The number of anilines is 3. The van der Waals surface area contributed by atoms with Gasteiger partial charge in [-0.25, -0.2) is 0 Å². The number of carbonyl (C=O) groups excluding carboxylic acids is 1. The van der Waals surface area contributed by atoms with E-state index >= 15 is 0 Å². The van der Waals surface area contributed by atoms with Gasteiger partial charge in [-0.2, -0.15) is 0 Å². The highest BCUT2D eigenvalue weighted by atomic mass is 16.3. The maximum atomic E-state index is 14.3. The number of carbonyl (C=O) groups is 1. The number of rotatable bonds is 5. The lowest BCUT2D eigenvalue weighted by Crippen LogP contribution is -2.52. The minimum Gasteiger partial charge on any atom is -0.506 e. The Morgan fingerprint density at radius 2 is 1.27 bits per heavy atom. The molecule has 0 bridgehead atoms. The summed E-state index contributed by atoms with van der Waals surface area (Å²) in [5.74, 6) is 2.18. The summed E-state index contributed by atoms with van der Waals surface area (Å²) < 4.78 is 0. The van der Waals surface area contributed by atoms with Crippen LogP contribution in [0.1, 0.15) is 56.9 Å². The number of aliphatic hydroxyl groups is 1. The summed E-state index contributed by atoms with van der Waals surface area (Å²) in [5, 5.41) is 29.7. The van der Waals surface area contributed by atoms with E-state index in [2.05, 4.69) is 64.5 Å². The fourth-order valence-electron chi connectivity index (χ4n) is 8.98. The van der Waals surface area contributed by atoms with Crippen molar-refractivity contribution in [2.75, 3.05) is 16.0 Å². The van der Waals surface area contributed by atoms with Crippen LogP contribution >= 0.6 is 0 Å². The van der Waals surface area contributed by atoms with Crippen molar-refractivity contribution in [1.82, 2.24) is 0 Å². The molecule has 5 aliphatic carbocycles. The lowest BCUT2D eigenvalue weighted by atomic mass is 9.79. The highest BCUT2D eigenvalue weighted by Crippen LogP contribution is 2.58. The van der Waals surface area contributed by atoms with Crippen molar-refractivity contribution in [2.45, 2.75) is 62.7 Å². The summed E-state index contributed by atoms with van der Waals surface area (Å²) in [7, 11) is 0. The third kappa shape index (κ3) is 3.01. The SMILES string of the molecule is O=C1C(c2ccc3cccc4c3c2NC(C2CC2)(C2CC2)N4)=C(O)C1=c1ccc2cccc3c2c1=NC(C1CC1)(C1CC1)N3. The van der Waals surface area contributed by atoms with Gasteiger partial charge in [0, 0.05) is 56.6 Å². The van der Waals surface area contributed by atoms with E-state index in [1.54, 1.807) is 0 Å². The monoisotopic (exact) mass is 578 g/mol. The van der Waals surface area contributed by atoms with Crippen LogP contribution in [-0.2, 0) is 4.79 Å². The lowest BCUT2D eigenvalue weighted by molar-refractivity contribution is -0.109. The van der Waals surface area contributed by atoms with E-state index in [0.29, 0.717) is 34.8 Å². The summed E-state index contributed by atoms with van der Waals surface area (Å²) in [5.41, 5.74) is 4.36. The second kappa shape index (κ2) is 7.84. The Labute approximate surface area is 255 Å². The number of hydrogen-bond donors (Lipinski definition) is 4. The van der Waals surface area contributed by atoms with Crippen molar-refractivity contribution in [1.29, 1.82) is 0 Å². The molecule has 2 aliphatic heterocycles. The third-order valence-electron chi connectivity index (χ3n) is 11.7. The van der Waals surface area contributed by atoms with E-state index in [9.17, 15) is 9.90 Å². The predicted molar refractivity (Wildman–Crippen MR) is 174 cm³/mol. The Morgan fingerprint density at radius 1 is 0.659 bits per heavy atom. The Hall–Kier alpha value is -4.32. The van der Waals surface area contributed by atoms with Crippen LogP contribution in [0.4, 0.5) is 17.1 Å². The van der Waals surface area contributed by atoms with Crippen LogP contribution in [0.5, 0.6) is 0 Å². The second-order valence-corrected chi connectivity index (χ2v) is 14.5. The smallest absolute Gasteiger partial charge is 0.201 e. The Bertz CT molecular complexity index is 2160. The minimum atomic E-state index is -0.308. The number of hydrogen-bond acceptors (Lipinski definition) is 6. The molecule has 0 amide bonds. The number of nitrogens with one attached hydrogen (secondary N) is 3. The molecule has 4 N–H and O–H groups in total.